The fraction of sp³-hybridized carbons (Fsp3) is 0.312. The normalized spacial score (nSPS) is 12.2. The van der Waals surface area contributed by atoms with E-state index in [0.717, 1.165) is 0 Å². The van der Waals surface area contributed by atoms with Crippen LogP contribution in [0.2, 0.25) is 0 Å². The molecule has 0 aliphatic carbocycles. The maximum absolute atomic E-state index is 2.42. The van der Waals surface area contributed by atoms with E-state index in [-0.39, 0.29) is 0 Å². The van der Waals surface area contributed by atoms with Crippen LogP contribution in [0.15, 0.2) is 60.7 Å². The average Bonchev–Trinajstić information content (AvgIpc) is 3.47. The van der Waals surface area contributed by atoms with E-state index >= 15 is 0 Å². The van der Waals surface area contributed by atoms with Crippen molar-refractivity contribution >= 4 is 75.2 Å². The smallest absolute Gasteiger partial charge is 0.0424 e. The van der Waals surface area contributed by atoms with Gasteiger partial charge in [-0.3, -0.25) is 0 Å². The molecule has 0 nitrogen and oxygen atoms in total. The van der Waals surface area contributed by atoms with Gasteiger partial charge in [-0.15, -0.1) is 22.7 Å². The molecule has 6 aromatic rings. The molecule has 0 aliphatic heterocycles. The van der Waals surface area contributed by atoms with Gasteiger partial charge in [-0.1, -0.05) is 88.1 Å². The Morgan fingerprint density at radius 3 is 1.29 bits per heavy atom. The Morgan fingerprint density at radius 1 is 0.471 bits per heavy atom. The molecular formula is C32H32S2. The minimum atomic E-state index is 1.21. The molecule has 34 heavy (non-hydrogen) atoms. The molecule has 0 unspecified atom stereocenters. The molecule has 0 radical (unpaired) electrons. The number of aryl methyl sites for hydroxylation is 2. The predicted molar refractivity (Wildman–Crippen MR) is 156 cm³/mol. The molecular weight excluding hydrogens is 448 g/mol. The summed E-state index contributed by atoms with van der Waals surface area (Å²) in [6, 6.07) is 23.7. The second kappa shape index (κ2) is 9.32. The van der Waals surface area contributed by atoms with Crippen molar-refractivity contribution in [3.05, 3.63) is 70.4 Å². The van der Waals surface area contributed by atoms with Crippen molar-refractivity contribution in [2.24, 2.45) is 0 Å². The number of hydrogen-bond acceptors (Lipinski definition) is 2. The van der Waals surface area contributed by atoms with Crippen LogP contribution in [0.4, 0.5) is 0 Å². The third kappa shape index (κ3) is 3.82. The molecule has 0 fully saturated rings. The molecule has 2 heterocycles. The maximum atomic E-state index is 2.42. The van der Waals surface area contributed by atoms with Crippen LogP contribution in [0.5, 0.6) is 0 Å². The molecule has 2 heteroatoms. The van der Waals surface area contributed by atoms with Crippen molar-refractivity contribution in [3.63, 3.8) is 0 Å². The van der Waals surface area contributed by atoms with E-state index in [1.807, 2.05) is 22.7 Å². The van der Waals surface area contributed by atoms with Crippen LogP contribution in [0.3, 0.4) is 0 Å². The summed E-state index contributed by atoms with van der Waals surface area (Å²) in [6.07, 6.45) is 10.2. The molecule has 0 saturated heterocycles. The number of unbranched alkanes of at least 4 members (excludes halogenated alkanes) is 4. The molecule has 4 aromatic carbocycles. The molecule has 0 amide bonds. The van der Waals surface area contributed by atoms with E-state index in [0.29, 0.717) is 0 Å². The molecule has 6 rings (SSSR count). The van der Waals surface area contributed by atoms with Crippen molar-refractivity contribution in [3.8, 4) is 0 Å². The summed E-state index contributed by atoms with van der Waals surface area (Å²) in [5.41, 5.74) is 0. The zero-order valence-electron chi connectivity index (χ0n) is 20.2. The number of benzene rings is 4. The van der Waals surface area contributed by atoms with E-state index in [1.54, 1.807) is 0 Å². The summed E-state index contributed by atoms with van der Waals surface area (Å²) in [7, 11) is 0. The lowest BCUT2D eigenvalue weighted by atomic mass is 9.96. The maximum Gasteiger partial charge on any atom is 0.0424 e. The zero-order valence-corrected chi connectivity index (χ0v) is 21.9. The highest BCUT2D eigenvalue weighted by Crippen LogP contribution is 2.41. The van der Waals surface area contributed by atoms with Crippen LogP contribution >= 0.6 is 22.7 Å². The van der Waals surface area contributed by atoms with Crippen LogP contribution < -0.4 is 0 Å². The molecule has 0 spiro atoms. The Kier molecular flexibility index (Phi) is 6.05. The Balaban J connectivity index is 1.47. The van der Waals surface area contributed by atoms with Crippen LogP contribution in [-0.2, 0) is 12.8 Å². The molecule has 2 aromatic heterocycles. The molecule has 0 N–H and O–H groups in total. The summed E-state index contributed by atoms with van der Waals surface area (Å²) >= 11 is 4.01. The van der Waals surface area contributed by atoms with Gasteiger partial charge < -0.3 is 0 Å². The highest BCUT2D eigenvalue weighted by molar-refractivity contribution is 7.20. The van der Waals surface area contributed by atoms with E-state index < -0.39 is 0 Å². The van der Waals surface area contributed by atoms with Gasteiger partial charge in [-0.25, -0.2) is 0 Å². The van der Waals surface area contributed by atoms with Gasteiger partial charge in [0.2, 0.25) is 0 Å². The second-order valence-electron chi connectivity index (χ2n) is 9.72. The largest absolute Gasteiger partial charge is 0.140 e. The van der Waals surface area contributed by atoms with Gasteiger partial charge in [0.1, 0.15) is 0 Å². The third-order valence-corrected chi connectivity index (χ3v) is 9.80. The summed E-state index contributed by atoms with van der Waals surface area (Å²) < 4.78 is 2.91. The lowest BCUT2D eigenvalue weighted by molar-refractivity contribution is 0.723. The lowest BCUT2D eigenvalue weighted by Crippen LogP contribution is -1.81. The summed E-state index contributed by atoms with van der Waals surface area (Å²) in [5.74, 6) is 0. The van der Waals surface area contributed by atoms with Gasteiger partial charge in [0, 0.05) is 29.9 Å². The topological polar surface area (TPSA) is 0 Å². The highest BCUT2D eigenvalue weighted by Gasteiger charge is 2.12. The summed E-state index contributed by atoms with van der Waals surface area (Å²) in [6.45, 7) is 4.56. The Labute approximate surface area is 210 Å². The van der Waals surface area contributed by atoms with Gasteiger partial charge in [0.05, 0.1) is 0 Å². The van der Waals surface area contributed by atoms with Crippen molar-refractivity contribution in [1.82, 2.24) is 0 Å². The molecule has 0 saturated carbocycles. The van der Waals surface area contributed by atoms with E-state index in [9.17, 15) is 0 Å². The first-order valence-corrected chi connectivity index (χ1v) is 14.6. The standard InChI is InChI=1S/C32H32S2/c1-3-5-7-9-23-19-21-11-13-27-25-16-18-30-28(26(25)15-17-29(27)31(21)33-23)14-12-22-20-24(34-32(22)30)10-8-6-4-2/h11-20H,3-10H2,1-2H3. The first-order chi connectivity index (χ1) is 16.8. The van der Waals surface area contributed by atoms with E-state index in [2.05, 4.69) is 74.5 Å². The minimum Gasteiger partial charge on any atom is -0.140 e. The number of fused-ring (bicyclic) bond motifs is 9. The first-order valence-electron chi connectivity index (χ1n) is 13.0. The Bertz CT molecular complexity index is 1510. The second-order valence-corrected chi connectivity index (χ2v) is 12.0. The summed E-state index contributed by atoms with van der Waals surface area (Å²) in [4.78, 5) is 3.06. The SMILES string of the molecule is CCCCCc1cc2ccc3c4ccc5c(ccc6cc(CCCCC)sc65)c4ccc3c2s1. The zero-order chi connectivity index (χ0) is 23.1. The van der Waals surface area contributed by atoms with Crippen LogP contribution in [0.25, 0.3) is 52.5 Å². The fourth-order valence-corrected chi connectivity index (χ4v) is 7.94. The molecule has 0 bridgehead atoms. The van der Waals surface area contributed by atoms with Gasteiger partial charge in [0.15, 0.2) is 0 Å². The minimum absolute atomic E-state index is 1.21. The van der Waals surface area contributed by atoms with Gasteiger partial charge >= 0.3 is 0 Å². The molecule has 0 aliphatic rings. The lowest BCUT2D eigenvalue weighted by Gasteiger charge is -2.09. The van der Waals surface area contributed by atoms with Crippen molar-refractivity contribution < 1.29 is 0 Å². The van der Waals surface area contributed by atoms with Crippen molar-refractivity contribution in [2.45, 2.75) is 65.2 Å². The van der Waals surface area contributed by atoms with E-state index in [1.165, 1.54) is 114 Å². The van der Waals surface area contributed by atoms with Crippen LogP contribution in [0, 0.1) is 0 Å². The Hall–Kier alpha value is -2.42. The van der Waals surface area contributed by atoms with Gasteiger partial charge in [-0.2, -0.15) is 0 Å². The Morgan fingerprint density at radius 2 is 0.853 bits per heavy atom. The van der Waals surface area contributed by atoms with Gasteiger partial charge in [0.25, 0.3) is 0 Å². The number of rotatable bonds is 8. The number of thiophene rings is 2. The third-order valence-electron chi connectivity index (χ3n) is 7.31. The summed E-state index contributed by atoms with van der Waals surface area (Å²) in [5, 5.41) is 11.2. The van der Waals surface area contributed by atoms with Crippen LogP contribution in [-0.4, -0.2) is 0 Å². The average molecular weight is 481 g/mol. The van der Waals surface area contributed by atoms with Crippen molar-refractivity contribution in [1.29, 1.82) is 0 Å². The van der Waals surface area contributed by atoms with Crippen LogP contribution in [0.1, 0.15) is 62.1 Å². The fourth-order valence-electron chi connectivity index (χ4n) is 5.48. The first kappa shape index (κ1) is 22.1. The quantitative estimate of drug-likeness (QED) is 0.150. The van der Waals surface area contributed by atoms with Gasteiger partial charge in [-0.05, 0) is 70.1 Å². The molecule has 0 atom stereocenters. The van der Waals surface area contributed by atoms with E-state index in [4.69, 9.17) is 0 Å². The number of hydrogen-bond donors (Lipinski definition) is 0. The van der Waals surface area contributed by atoms with Crippen molar-refractivity contribution in [2.75, 3.05) is 0 Å². The molecule has 172 valence electrons. The predicted octanol–water partition coefficient (Wildman–Crippen LogP) is 11.0. The monoisotopic (exact) mass is 480 g/mol. The highest BCUT2D eigenvalue weighted by atomic mass is 32.1.